The summed E-state index contributed by atoms with van der Waals surface area (Å²) in [6.45, 7) is -1.19. The van der Waals surface area contributed by atoms with Crippen LogP contribution in [0.1, 0.15) is 23.2 Å². The van der Waals surface area contributed by atoms with Gasteiger partial charge in [-0.3, -0.25) is 0 Å². The van der Waals surface area contributed by atoms with Gasteiger partial charge in [-0.2, -0.15) is 24.9 Å². The Bertz CT molecular complexity index is 371. The normalized spacial score (nSPS) is 13.7. The lowest BCUT2D eigenvalue weighted by atomic mass is 10.2. The first-order chi connectivity index (χ1) is 8.92. The van der Waals surface area contributed by atoms with Crippen molar-refractivity contribution in [1.29, 1.82) is 0 Å². The number of rotatable bonds is 8. The molecule has 0 fully saturated rings. The van der Waals surface area contributed by atoms with E-state index in [1.165, 1.54) is 11.3 Å². The summed E-state index contributed by atoms with van der Waals surface area (Å²) in [6, 6.07) is -0.103. The van der Waals surface area contributed by atoms with Crippen LogP contribution in [0.25, 0.3) is 0 Å². The summed E-state index contributed by atoms with van der Waals surface area (Å²) in [6.07, 6.45) is -1.03. The molecule has 3 nitrogen and oxygen atoms in total. The molecule has 0 saturated heterocycles. The van der Waals surface area contributed by atoms with E-state index in [2.05, 4.69) is 9.72 Å². The van der Waals surface area contributed by atoms with Crippen LogP contribution in [0.3, 0.4) is 0 Å². The molecule has 0 aliphatic heterocycles. The van der Waals surface area contributed by atoms with Gasteiger partial charge in [-0.05, 0) is 18.4 Å². The maximum Gasteiger partial charge on any atom is 0.411 e. The van der Waals surface area contributed by atoms with Crippen LogP contribution in [-0.4, -0.2) is 36.4 Å². The number of nitrogens with two attached hydrogens (primary N) is 1. The van der Waals surface area contributed by atoms with Crippen LogP contribution in [-0.2, 0) is 11.2 Å². The van der Waals surface area contributed by atoms with Gasteiger partial charge < -0.3 is 10.5 Å². The van der Waals surface area contributed by atoms with Crippen LogP contribution < -0.4 is 5.73 Å². The molecule has 0 bridgehead atoms. The Hall–Kier alpha value is -0.310. The average Bonchev–Trinajstić information content (AvgIpc) is 2.79. The summed E-state index contributed by atoms with van der Waals surface area (Å²) in [5, 5.41) is 2.63. The lowest BCUT2D eigenvalue weighted by molar-refractivity contribution is -0.173. The first kappa shape index (κ1) is 16.7. The van der Waals surface area contributed by atoms with E-state index in [1.54, 1.807) is 11.8 Å². The molecular weight excluding hydrogens is 297 g/mol. The van der Waals surface area contributed by atoms with Gasteiger partial charge in [0.25, 0.3) is 0 Å². The van der Waals surface area contributed by atoms with Crippen molar-refractivity contribution in [2.24, 2.45) is 5.73 Å². The summed E-state index contributed by atoms with van der Waals surface area (Å²) < 4.78 is 40.1. The van der Waals surface area contributed by atoms with Crippen molar-refractivity contribution in [2.45, 2.75) is 25.1 Å². The van der Waals surface area contributed by atoms with Gasteiger partial charge in [-0.25, -0.2) is 4.98 Å². The molecule has 1 aromatic rings. The second kappa shape index (κ2) is 8.08. The minimum atomic E-state index is -4.27. The smallest absolute Gasteiger partial charge is 0.372 e. The van der Waals surface area contributed by atoms with E-state index in [1.807, 2.05) is 11.6 Å². The number of nitrogens with zero attached hydrogens (tertiary/aromatic N) is 1. The molecule has 2 N–H and O–H groups in total. The van der Waals surface area contributed by atoms with E-state index < -0.39 is 12.8 Å². The Balaban J connectivity index is 2.30. The number of hydrogen-bond acceptors (Lipinski definition) is 5. The van der Waals surface area contributed by atoms with Gasteiger partial charge >= 0.3 is 6.18 Å². The van der Waals surface area contributed by atoms with Crippen molar-refractivity contribution in [3.05, 3.63) is 16.1 Å². The topological polar surface area (TPSA) is 48.1 Å². The van der Waals surface area contributed by atoms with Gasteiger partial charge in [0.05, 0.1) is 17.3 Å². The molecule has 0 aromatic carbocycles. The van der Waals surface area contributed by atoms with Gasteiger partial charge in [0.15, 0.2) is 0 Å². The van der Waals surface area contributed by atoms with Gasteiger partial charge in [0.2, 0.25) is 0 Å². The van der Waals surface area contributed by atoms with E-state index in [0.717, 1.165) is 22.9 Å². The summed E-state index contributed by atoms with van der Waals surface area (Å²) >= 11 is 3.13. The number of aromatic nitrogens is 1. The third-order valence-corrected chi connectivity index (χ3v) is 3.88. The van der Waals surface area contributed by atoms with E-state index in [9.17, 15) is 13.2 Å². The molecule has 1 rings (SSSR count). The Kier molecular flexibility index (Phi) is 7.12. The van der Waals surface area contributed by atoms with Crippen molar-refractivity contribution in [3.63, 3.8) is 0 Å². The number of alkyl halides is 3. The first-order valence-corrected chi connectivity index (χ1v) is 8.03. The predicted molar refractivity (Wildman–Crippen MR) is 72.6 cm³/mol. The van der Waals surface area contributed by atoms with Crippen LogP contribution in [0.4, 0.5) is 13.2 Å². The Morgan fingerprint density at radius 2 is 2.26 bits per heavy atom. The quantitative estimate of drug-likeness (QED) is 0.749. The molecule has 1 unspecified atom stereocenters. The number of hydrogen-bond donors (Lipinski definition) is 1. The largest absolute Gasteiger partial charge is 0.411 e. The second-order valence-corrected chi connectivity index (χ2v) is 5.90. The fourth-order valence-corrected chi connectivity index (χ4v) is 2.68. The van der Waals surface area contributed by atoms with E-state index in [-0.39, 0.29) is 12.6 Å². The maximum atomic E-state index is 11.9. The number of thioether (sulfide) groups is 1. The zero-order valence-corrected chi connectivity index (χ0v) is 12.2. The second-order valence-electron chi connectivity index (χ2n) is 3.97. The molecule has 0 saturated carbocycles. The lowest BCUT2D eigenvalue weighted by Crippen LogP contribution is -2.18. The van der Waals surface area contributed by atoms with E-state index in [0.29, 0.717) is 6.42 Å². The summed E-state index contributed by atoms with van der Waals surface area (Å²) in [5.74, 6) is 0.961. The maximum absolute atomic E-state index is 11.9. The molecule has 0 aliphatic carbocycles. The minimum absolute atomic E-state index is 0.0204. The van der Waals surface area contributed by atoms with E-state index >= 15 is 0 Å². The van der Waals surface area contributed by atoms with Crippen LogP contribution in [0, 0.1) is 0 Å². The first-order valence-electron chi connectivity index (χ1n) is 5.75. The molecule has 1 atom stereocenters. The average molecular weight is 314 g/mol. The van der Waals surface area contributed by atoms with Gasteiger partial charge in [0.1, 0.15) is 6.61 Å². The van der Waals surface area contributed by atoms with Crippen molar-refractivity contribution in [3.8, 4) is 0 Å². The molecule has 1 heterocycles. The van der Waals surface area contributed by atoms with Crippen LogP contribution in [0.15, 0.2) is 5.38 Å². The molecule has 110 valence electrons. The van der Waals surface area contributed by atoms with Crippen molar-refractivity contribution < 1.29 is 17.9 Å². The molecule has 8 heteroatoms. The highest BCUT2D eigenvalue weighted by atomic mass is 32.2. The number of halogens is 3. The van der Waals surface area contributed by atoms with Crippen LogP contribution >= 0.6 is 23.1 Å². The number of thiazole rings is 1. The van der Waals surface area contributed by atoms with Crippen LogP contribution in [0.2, 0.25) is 0 Å². The van der Waals surface area contributed by atoms with Crippen molar-refractivity contribution in [2.75, 3.05) is 25.2 Å². The Labute approximate surface area is 118 Å². The highest BCUT2D eigenvalue weighted by Crippen LogP contribution is 2.20. The predicted octanol–water partition coefficient (Wildman–Crippen LogP) is 3.02. The van der Waals surface area contributed by atoms with Crippen molar-refractivity contribution >= 4 is 23.1 Å². The summed E-state index contributed by atoms with van der Waals surface area (Å²) in [4.78, 5) is 4.32. The molecular formula is C11H17F3N2OS2. The lowest BCUT2D eigenvalue weighted by Gasteiger charge is -2.07. The van der Waals surface area contributed by atoms with Gasteiger partial charge in [-0.1, -0.05) is 0 Å². The standard InChI is InChI=1S/C11H17F3N2OS2/c1-18-5-3-8(15)9-6-19-10(16-9)2-4-17-7-11(12,13)14/h6,8H,2-5,7,15H2,1H3. The molecule has 0 radical (unpaired) electrons. The van der Waals surface area contributed by atoms with Crippen molar-refractivity contribution in [1.82, 2.24) is 4.98 Å². The molecule has 0 aliphatic rings. The van der Waals surface area contributed by atoms with E-state index in [4.69, 9.17) is 5.73 Å². The summed E-state index contributed by atoms with van der Waals surface area (Å²) in [5.41, 5.74) is 6.77. The Morgan fingerprint density at radius 1 is 1.53 bits per heavy atom. The third-order valence-electron chi connectivity index (χ3n) is 2.31. The fourth-order valence-electron chi connectivity index (χ4n) is 1.35. The Morgan fingerprint density at radius 3 is 2.89 bits per heavy atom. The molecule has 1 aromatic heterocycles. The van der Waals surface area contributed by atoms with Gasteiger partial charge in [-0.15, -0.1) is 11.3 Å². The molecule has 19 heavy (non-hydrogen) atoms. The highest BCUT2D eigenvalue weighted by molar-refractivity contribution is 7.98. The monoisotopic (exact) mass is 314 g/mol. The van der Waals surface area contributed by atoms with Gasteiger partial charge in [0, 0.05) is 17.8 Å². The fraction of sp³-hybridized carbons (Fsp3) is 0.727. The third kappa shape index (κ3) is 7.14. The zero-order chi connectivity index (χ0) is 14.3. The van der Waals surface area contributed by atoms with Crippen LogP contribution in [0.5, 0.6) is 0 Å². The molecule has 0 amide bonds. The summed E-state index contributed by atoms with van der Waals surface area (Å²) in [7, 11) is 0. The molecule has 0 spiro atoms. The highest BCUT2D eigenvalue weighted by Gasteiger charge is 2.27. The zero-order valence-electron chi connectivity index (χ0n) is 10.6. The minimum Gasteiger partial charge on any atom is -0.372 e. The SMILES string of the molecule is CSCCC(N)c1csc(CCOCC(F)(F)F)n1. The number of ether oxygens (including phenoxy) is 1.